The zero-order valence-corrected chi connectivity index (χ0v) is 17.3. The number of rotatable bonds is 6. The molecule has 1 unspecified atom stereocenters. The largest absolute Gasteiger partial charge is 0.352 e. The van der Waals surface area contributed by atoms with Crippen LogP contribution in [0.2, 0.25) is 5.15 Å². The van der Waals surface area contributed by atoms with Crippen LogP contribution in [0.25, 0.3) is 10.9 Å². The molecule has 1 atom stereocenters. The van der Waals surface area contributed by atoms with E-state index in [1.54, 1.807) is 21.6 Å². The van der Waals surface area contributed by atoms with Crippen molar-refractivity contribution in [2.75, 3.05) is 0 Å². The molecule has 0 aliphatic rings. The molecule has 9 nitrogen and oxygen atoms in total. The summed E-state index contributed by atoms with van der Waals surface area (Å²) in [6.07, 6.45) is 2.22. The Morgan fingerprint density at radius 1 is 1.27 bits per heavy atom. The summed E-state index contributed by atoms with van der Waals surface area (Å²) in [6.45, 7) is 2.33. The predicted molar refractivity (Wildman–Crippen MR) is 113 cm³/mol. The van der Waals surface area contributed by atoms with Crippen LogP contribution in [-0.4, -0.2) is 35.8 Å². The van der Waals surface area contributed by atoms with Crippen LogP contribution < -0.4 is 11.1 Å². The molecule has 0 spiro atoms. The molecule has 0 radical (unpaired) electrons. The van der Waals surface area contributed by atoms with Crippen molar-refractivity contribution in [3.8, 4) is 0 Å². The molecule has 2 amide bonds. The molecule has 0 bridgehead atoms. The van der Waals surface area contributed by atoms with Gasteiger partial charge in [0.25, 0.3) is 0 Å². The molecule has 0 saturated heterocycles. The molecule has 3 heterocycles. The van der Waals surface area contributed by atoms with Gasteiger partial charge in [-0.05, 0) is 18.6 Å². The number of fused-ring (bicyclic) bond motifs is 1. The average molecular weight is 425 g/mol. The van der Waals surface area contributed by atoms with E-state index in [4.69, 9.17) is 17.3 Å². The lowest BCUT2D eigenvalue weighted by atomic mass is 10.0. The number of carbonyl (C=O) groups is 1. The van der Waals surface area contributed by atoms with E-state index in [9.17, 15) is 4.79 Å². The second kappa shape index (κ2) is 8.11. The zero-order valence-electron chi connectivity index (χ0n) is 16.6. The molecule has 3 N–H and O–H groups in total. The standard InChI is InChI=1S/C20H21ClN8O/c1-12-15(9-16(25-20(22)30)13-6-4-3-5-7-13)26-27-29(12)11-17-19-14(8-18(21)24-17)10-23-28(19)2/h3-8,10,16H,9,11H2,1-2H3,(H3,22,25,30). The van der Waals surface area contributed by atoms with Crippen LogP contribution >= 0.6 is 11.6 Å². The normalized spacial score (nSPS) is 12.2. The molecule has 10 heteroatoms. The summed E-state index contributed by atoms with van der Waals surface area (Å²) in [6, 6.07) is 10.5. The van der Waals surface area contributed by atoms with Crippen molar-refractivity contribution in [1.82, 2.24) is 35.1 Å². The molecule has 30 heavy (non-hydrogen) atoms. The third kappa shape index (κ3) is 3.97. The van der Waals surface area contributed by atoms with Crippen LogP contribution in [0.4, 0.5) is 4.79 Å². The highest BCUT2D eigenvalue weighted by Crippen LogP contribution is 2.23. The highest BCUT2D eigenvalue weighted by molar-refractivity contribution is 6.30. The van der Waals surface area contributed by atoms with Gasteiger partial charge in [0.05, 0.1) is 41.4 Å². The summed E-state index contributed by atoms with van der Waals surface area (Å²) in [4.78, 5) is 16.0. The fourth-order valence-corrected chi connectivity index (χ4v) is 3.77. The van der Waals surface area contributed by atoms with Crippen LogP contribution in [0.5, 0.6) is 0 Å². The Kier molecular flexibility index (Phi) is 5.37. The summed E-state index contributed by atoms with van der Waals surface area (Å²) in [5.74, 6) is 0. The van der Waals surface area contributed by atoms with Gasteiger partial charge >= 0.3 is 6.03 Å². The maximum absolute atomic E-state index is 11.5. The van der Waals surface area contributed by atoms with E-state index in [2.05, 4.69) is 25.7 Å². The number of aryl methyl sites for hydroxylation is 1. The Morgan fingerprint density at radius 3 is 2.77 bits per heavy atom. The van der Waals surface area contributed by atoms with Gasteiger partial charge in [-0.2, -0.15) is 5.10 Å². The summed E-state index contributed by atoms with van der Waals surface area (Å²) in [7, 11) is 1.86. The second-order valence-corrected chi connectivity index (χ2v) is 7.44. The molecule has 3 aromatic heterocycles. The molecule has 0 saturated carbocycles. The van der Waals surface area contributed by atoms with Crippen LogP contribution in [0.3, 0.4) is 0 Å². The van der Waals surface area contributed by atoms with Crippen LogP contribution in [-0.2, 0) is 20.0 Å². The zero-order chi connectivity index (χ0) is 21.3. The van der Waals surface area contributed by atoms with Gasteiger partial charge in [0.2, 0.25) is 0 Å². The third-order valence-corrected chi connectivity index (χ3v) is 5.24. The van der Waals surface area contributed by atoms with E-state index in [-0.39, 0.29) is 6.04 Å². The molecule has 4 aromatic rings. The van der Waals surface area contributed by atoms with Gasteiger partial charge in [0, 0.05) is 18.9 Å². The number of amides is 2. The number of hydrogen-bond acceptors (Lipinski definition) is 5. The number of urea groups is 1. The van der Waals surface area contributed by atoms with Crippen molar-refractivity contribution >= 4 is 28.5 Å². The van der Waals surface area contributed by atoms with E-state index < -0.39 is 6.03 Å². The second-order valence-electron chi connectivity index (χ2n) is 7.05. The fraction of sp³-hybridized carbons (Fsp3) is 0.250. The first kappa shape index (κ1) is 19.8. The van der Waals surface area contributed by atoms with Crippen molar-refractivity contribution in [2.24, 2.45) is 12.8 Å². The van der Waals surface area contributed by atoms with Gasteiger partial charge in [-0.25, -0.2) is 14.5 Å². The minimum atomic E-state index is -0.587. The minimum absolute atomic E-state index is 0.305. The summed E-state index contributed by atoms with van der Waals surface area (Å²) < 4.78 is 3.54. The van der Waals surface area contributed by atoms with E-state index in [0.29, 0.717) is 18.1 Å². The van der Waals surface area contributed by atoms with Crippen molar-refractivity contribution in [1.29, 1.82) is 0 Å². The number of pyridine rings is 1. The van der Waals surface area contributed by atoms with Gasteiger partial charge in [0.15, 0.2) is 0 Å². The van der Waals surface area contributed by atoms with E-state index in [1.165, 1.54) is 0 Å². The van der Waals surface area contributed by atoms with Crippen molar-refractivity contribution in [3.63, 3.8) is 0 Å². The number of benzene rings is 1. The van der Waals surface area contributed by atoms with Gasteiger partial charge in [-0.15, -0.1) is 5.10 Å². The minimum Gasteiger partial charge on any atom is -0.352 e. The van der Waals surface area contributed by atoms with Gasteiger partial charge in [-0.1, -0.05) is 47.1 Å². The Bertz CT molecular complexity index is 1200. The van der Waals surface area contributed by atoms with E-state index >= 15 is 0 Å². The van der Waals surface area contributed by atoms with Crippen LogP contribution in [0.15, 0.2) is 42.6 Å². The summed E-state index contributed by atoms with van der Waals surface area (Å²) in [5, 5.41) is 17.0. The number of halogens is 1. The van der Waals surface area contributed by atoms with Crippen LogP contribution in [0, 0.1) is 6.92 Å². The van der Waals surface area contributed by atoms with E-state index in [0.717, 1.165) is 33.5 Å². The number of nitrogens with two attached hydrogens (primary N) is 1. The molecule has 0 aliphatic carbocycles. The van der Waals surface area contributed by atoms with E-state index in [1.807, 2.05) is 44.3 Å². The lowest BCUT2D eigenvalue weighted by molar-refractivity contribution is 0.245. The topological polar surface area (TPSA) is 117 Å². The monoisotopic (exact) mass is 424 g/mol. The molecule has 154 valence electrons. The summed E-state index contributed by atoms with van der Waals surface area (Å²) >= 11 is 6.18. The maximum Gasteiger partial charge on any atom is 0.312 e. The highest BCUT2D eigenvalue weighted by atomic mass is 35.5. The number of nitrogens with one attached hydrogen (secondary N) is 1. The Balaban J connectivity index is 1.63. The molecule has 4 rings (SSSR count). The lowest BCUT2D eigenvalue weighted by Gasteiger charge is -2.17. The summed E-state index contributed by atoms with van der Waals surface area (Å²) in [5.41, 5.74) is 9.62. The Hall–Kier alpha value is -3.46. The maximum atomic E-state index is 11.5. The number of nitrogens with zero attached hydrogens (tertiary/aromatic N) is 6. The van der Waals surface area contributed by atoms with Crippen molar-refractivity contribution in [3.05, 3.63) is 70.4 Å². The first-order valence-electron chi connectivity index (χ1n) is 9.39. The number of hydrogen-bond donors (Lipinski definition) is 2. The SMILES string of the molecule is Cc1c(CC(NC(N)=O)c2ccccc2)nnn1Cc1nc(Cl)cc2cnn(C)c12. The first-order chi connectivity index (χ1) is 14.4. The fourth-order valence-electron chi connectivity index (χ4n) is 3.55. The molecular weight excluding hydrogens is 404 g/mol. The van der Waals surface area contributed by atoms with Gasteiger partial charge in [-0.3, -0.25) is 4.68 Å². The smallest absolute Gasteiger partial charge is 0.312 e. The Morgan fingerprint density at radius 2 is 2.03 bits per heavy atom. The van der Waals surface area contributed by atoms with Gasteiger partial charge < -0.3 is 11.1 Å². The van der Waals surface area contributed by atoms with Gasteiger partial charge in [0.1, 0.15) is 5.15 Å². The average Bonchev–Trinajstić information content (AvgIpc) is 3.25. The van der Waals surface area contributed by atoms with Crippen molar-refractivity contribution < 1.29 is 4.79 Å². The van der Waals surface area contributed by atoms with Crippen molar-refractivity contribution in [2.45, 2.75) is 25.9 Å². The third-order valence-electron chi connectivity index (χ3n) is 5.05. The first-order valence-corrected chi connectivity index (χ1v) is 9.77. The predicted octanol–water partition coefficient (Wildman–Crippen LogP) is 2.52. The van der Waals surface area contributed by atoms with Crippen LogP contribution in [0.1, 0.15) is 28.7 Å². The number of carbonyl (C=O) groups excluding carboxylic acids is 1. The lowest BCUT2D eigenvalue weighted by Crippen LogP contribution is -2.34. The molecule has 0 fully saturated rings. The molecular formula is C20H21ClN8O. The Labute approximate surface area is 177 Å². The number of aromatic nitrogens is 6. The molecule has 1 aromatic carbocycles. The number of primary amides is 1. The highest BCUT2D eigenvalue weighted by Gasteiger charge is 2.19. The molecule has 0 aliphatic heterocycles. The quantitative estimate of drug-likeness (QED) is 0.461.